The number of halogens is 1. The van der Waals surface area contributed by atoms with E-state index in [9.17, 15) is 9.59 Å². The molecule has 1 fully saturated rings. The minimum Gasteiger partial charge on any atom is -0.482 e. The highest BCUT2D eigenvalue weighted by Crippen LogP contribution is 2.33. The van der Waals surface area contributed by atoms with Gasteiger partial charge in [-0.05, 0) is 61.2 Å². The minimum absolute atomic E-state index is 0.00857. The van der Waals surface area contributed by atoms with Crippen LogP contribution in [0.1, 0.15) is 30.6 Å². The first kappa shape index (κ1) is 21.3. The number of carbonyl (C=O) groups is 2. The smallest absolute Gasteiger partial charge is 0.410 e. The topological polar surface area (TPSA) is 77.1 Å². The molecule has 164 valence electrons. The Hall–Kier alpha value is -2.93. The van der Waals surface area contributed by atoms with Gasteiger partial charge in [0, 0.05) is 23.3 Å². The standard InChI is InChI=1S/C23H25ClN2O5/c1-2-29-22(27)14-30-19-6-7-20-16(12-19)11-18(8-9-25-20)26-13-21(31-23(26)28)15-4-3-5-17(24)10-15/h3-7,10,12,18,21,25H,2,8-9,11,13-14H2,1H3/t18?,21-/m0/s1. The number of hydrogen-bond donors (Lipinski definition) is 1. The number of anilines is 1. The molecule has 2 aliphatic rings. The lowest BCUT2D eigenvalue weighted by Gasteiger charge is -2.24. The monoisotopic (exact) mass is 444 g/mol. The maximum atomic E-state index is 12.6. The van der Waals surface area contributed by atoms with Gasteiger partial charge in [-0.2, -0.15) is 0 Å². The van der Waals surface area contributed by atoms with Crippen LogP contribution >= 0.6 is 11.6 Å². The molecule has 31 heavy (non-hydrogen) atoms. The first-order valence-electron chi connectivity index (χ1n) is 10.4. The molecule has 1 N–H and O–H groups in total. The Morgan fingerprint density at radius 1 is 1.29 bits per heavy atom. The summed E-state index contributed by atoms with van der Waals surface area (Å²) in [5.74, 6) is 0.190. The average molecular weight is 445 g/mol. The fraction of sp³-hybridized carbons (Fsp3) is 0.391. The zero-order valence-corrected chi connectivity index (χ0v) is 18.1. The van der Waals surface area contributed by atoms with Crippen molar-refractivity contribution in [3.05, 3.63) is 58.6 Å². The van der Waals surface area contributed by atoms with Crippen LogP contribution in [0.25, 0.3) is 0 Å². The van der Waals surface area contributed by atoms with Gasteiger partial charge in [0.15, 0.2) is 6.61 Å². The van der Waals surface area contributed by atoms with Crippen molar-refractivity contribution >= 4 is 29.4 Å². The van der Waals surface area contributed by atoms with Gasteiger partial charge < -0.3 is 24.4 Å². The van der Waals surface area contributed by atoms with E-state index in [1.807, 2.05) is 36.4 Å². The molecular formula is C23H25ClN2O5. The molecule has 0 spiro atoms. The second-order valence-corrected chi connectivity index (χ2v) is 8.00. The normalized spacial score (nSPS) is 20.3. The fourth-order valence-corrected chi connectivity index (χ4v) is 4.20. The summed E-state index contributed by atoms with van der Waals surface area (Å²) in [5, 5.41) is 4.03. The number of rotatable bonds is 6. The summed E-state index contributed by atoms with van der Waals surface area (Å²) in [6.07, 6.45) is 0.815. The lowest BCUT2D eigenvalue weighted by atomic mass is 10.0. The number of esters is 1. The Bertz CT molecular complexity index is 967. The average Bonchev–Trinajstić information content (AvgIpc) is 3.02. The van der Waals surface area contributed by atoms with Gasteiger partial charge in [-0.3, -0.25) is 0 Å². The number of cyclic esters (lactones) is 1. The van der Waals surface area contributed by atoms with E-state index in [-0.39, 0.29) is 24.8 Å². The summed E-state index contributed by atoms with van der Waals surface area (Å²) < 4.78 is 16.1. The van der Waals surface area contributed by atoms with E-state index in [0.717, 1.165) is 29.8 Å². The van der Waals surface area contributed by atoms with Crippen molar-refractivity contribution < 1.29 is 23.8 Å². The summed E-state index contributed by atoms with van der Waals surface area (Å²) in [7, 11) is 0. The first-order valence-corrected chi connectivity index (χ1v) is 10.8. The van der Waals surface area contributed by atoms with Crippen LogP contribution in [0.5, 0.6) is 5.75 Å². The predicted octanol–water partition coefficient (Wildman–Crippen LogP) is 4.20. The SMILES string of the molecule is CCOC(=O)COc1ccc2c(c1)CC(N1C[C@@H](c3cccc(Cl)c3)OC1=O)CCN2. The van der Waals surface area contributed by atoms with Crippen molar-refractivity contribution in [2.24, 2.45) is 0 Å². The zero-order chi connectivity index (χ0) is 21.8. The molecule has 0 bridgehead atoms. The predicted molar refractivity (Wildman–Crippen MR) is 117 cm³/mol. The van der Waals surface area contributed by atoms with Crippen molar-refractivity contribution in [3.8, 4) is 5.75 Å². The van der Waals surface area contributed by atoms with E-state index in [1.165, 1.54) is 0 Å². The number of benzene rings is 2. The van der Waals surface area contributed by atoms with E-state index >= 15 is 0 Å². The van der Waals surface area contributed by atoms with Gasteiger partial charge in [0.2, 0.25) is 0 Å². The van der Waals surface area contributed by atoms with E-state index < -0.39 is 5.97 Å². The van der Waals surface area contributed by atoms with Crippen molar-refractivity contribution in [2.45, 2.75) is 31.9 Å². The summed E-state index contributed by atoms with van der Waals surface area (Å²) in [6, 6.07) is 13.1. The molecule has 0 aliphatic carbocycles. The van der Waals surface area contributed by atoms with E-state index in [2.05, 4.69) is 5.32 Å². The van der Waals surface area contributed by atoms with E-state index in [0.29, 0.717) is 30.3 Å². The van der Waals surface area contributed by atoms with Gasteiger partial charge in [-0.1, -0.05) is 23.7 Å². The number of hydrogen-bond acceptors (Lipinski definition) is 6. The Labute approximate surface area is 186 Å². The second kappa shape index (κ2) is 9.47. The Morgan fingerprint density at radius 2 is 2.16 bits per heavy atom. The molecule has 0 saturated carbocycles. The number of amides is 1. The summed E-state index contributed by atoms with van der Waals surface area (Å²) in [6.45, 7) is 3.17. The van der Waals surface area contributed by atoms with Gasteiger partial charge in [0.1, 0.15) is 11.9 Å². The molecule has 7 nitrogen and oxygen atoms in total. The minimum atomic E-state index is -0.402. The molecule has 2 aliphatic heterocycles. The molecule has 2 aromatic rings. The Kier molecular flexibility index (Phi) is 6.51. The highest BCUT2D eigenvalue weighted by molar-refractivity contribution is 6.30. The van der Waals surface area contributed by atoms with Gasteiger partial charge >= 0.3 is 12.1 Å². The highest BCUT2D eigenvalue weighted by Gasteiger charge is 2.37. The molecule has 1 amide bonds. The van der Waals surface area contributed by atoms with Crippen LogP contribution in [0.4, 0.5) is 10.5 Å². The number of fused-ring (bicyclic) bond motifs is 1. The fourth-order valence-electron chi connectivity index (χ4n) is 4.00. The third-order valence-electron chi connectivity index (χ3n) is 5.49. The van der Waals surface area contributed by atoms with Crippen LogP contribution in [0, 0.1) is 0 Å². The molecule has 2 atom stereocenters. The van der Waals surface area contributed by atoms with Gasteiger partial charge in [0.05, 0.1) is 13.2 Å². The lowest BCUT2D eigenvalue weighted by Crippen LogP contribution is -2.38. The van der Waals surface area contributed by atoms with Crippen molar-refractivity contribution in [3.63, 3.8) is 0 Å². The molecule has 1 saturated heterocycles. The summed E-state index contributed by atoms with van der Waals surface area (Å²) in [4.78, 5) is 26.0. The molecule has 2 aromatic carbocycles. The van der Waals surface area contributed by atoms with Crippen LogP contribution in [-0.4, -0.2) is 49.3 Å². The third kappa shape index (κ3) is 5.05. The number of nitrogens with zero attached hydrogens (tertiary/aromatic N) is 1. The molecule has 8 heteroatoms. The quantitative estimate of drug-likeness (QED) is 0.673. The van der Waals surface area contributed by atoms with Gasteiger partial charge in [-0.25, -0.2) is 9.59 Å². The number of ether oxygens (including phenoxy) is 3. The van der Waals surface area contributed by atoms with Crippen molar-refractivity contribution in [1.82, 2.24) is 4.90 Å². The summed E-state index contributed by atoms with van der Waals surface area (Å²) in [5.41, 5.74) is 2.93. The molecular weight excluding hydrogens is 420 g/mol. The number of nitrogens with one attached hydrogen (secondary N) is 1. The second-order valence-electron chi connectivity index (χ2n) is 7.57. The molecule has 0 radical (unpaired) electrons. The first-order chi connectivity index (χ1) is 15.0. The van der Waals surface area contributed by atoms with Crippen LogP contribution in [0.3, 0.4) is 0 Å². The lowest BCUT2D eigenvalue weighted by molar-refractivity contribution is -0.145. The van der Waals surface area contributed by atoms with E-state index in [4.69, 9.17) is 25.8 Å². The van der Waals surface area contributed by atoms with E-state index in [1.54, 1.807) is 17.9 Å². The Morgan fingerprint density at radius 3 is 2.97 bits per heavy atom. The zero-order valence-electron chi connectivity index (χ0n) is 17.3. The van der Waals surface area contributed by atoms with Crippen molar-refractivity contribution in [1.29, 1.82) is 0 Å². The third-order valence-corrected chi connectivity index (χ3v) is 5.72. The molecule has 1 unspecified atom stereocenters. The maximum Gasteiger partial charge on any atom is 0.410 e. The van der Waals surface area contributed by atoms with Crippen LogP contribution in [-0.2, 0) is 20.7 Å². The molecule has 0 aromatic heterocycles. The summed E-state index contributed by atoms with van der Waals surface area (Å²) >= 11 is 6.10. The van der Waals surface area contributed by atoms with Crippen LogP contribution in [0.15, 0.2) is 42.5 Å². The van der Waals surface area contributed by atoms with Crippen LogP contribution < -0.4 is 10.1 Å². The molecule has 4 rings (SSSR count). The maximum absolute atomic E-state index is 12.6. The van der Waals surface area contributed by atoms with Crippen LogP contribution in [0.2, 0.25) is 5.02 Å². The van der Waals surface area contributed by atoms with Gasteiger partial charge in [0.25, 0.3) is 0 Å². The number of carbonyl (C=O) groups excluding carboxylic acids is 2. The molecule has 2 heterocycles. The van der Waals surface area contributed by atoms with Gasteiger partial charge in [-0.15, -0.1) is 0 Å². The van der Waals surface area contributed by atoms with Crippen molar-refractivity contribution in [2.75, 3.05) is 31.6 Å². The highest BCUT2D eigenvalue weighted by atomic mass is 35.5. The Balaban J connectivity index is 1.46. The largest absolute Gasteiger partial charge is 0.482 e.